The lowest BCUT2D eigenvalue weighted by atomic mass is 10.1. The SMILES string of the molecule is CCC(CNC)CNNC. The molecule has 0 aliphatic carbocycles. The number of nitrogens with one attached hydrogen (secondary N) is 3. The van der Waals surface area contributed by atoms with Gasteiger partial charge in [-0.25, -0.2) is 0 Å². The minimum Gasteiger partial charge on any atom is -0.319 e. The van der Waals surface area contributed by atoms with Crippen LogP contribution in [0.15, 0.2) is 0 Å². The number of hydrazine groups is 1. The summed E-state index contributed by atoms with van der Waals surface area (Å²) in [5.74, 6) is 0.734. The molecule has 0 saturated carbocycles. The molecule has 1 unspecified atom stereocenters. The molecule has 3 nitrogen and oxygen atoms in total. The Morgan fingerprint density at radius 1 is 1.20 bits per heavy atom. The van der Waals surface area contributed by atoms with Gasteiger partial charge in [0.25, 0.3) is 0 Å². The van der Waals surface area contributed by atoms with Gasteiger partial charge in [0.2, 0.25) is 0 Å². The van der Waals surface area contributed by atoms with Crippen LogP contribution in [-0.4, -0.2) is 27.2 Å². The van der Waals surface area contributed by atoms with Crippen LogP contribution in [0.4, 0.5) is 0 Å². The van der Waals surface area contributed by atoms with E-state index < -0.39 is 0 Å². The van der Waals surface area contributed by atoms with Crippen LogP contribution >= 0.6 is 0 Å². The Bertz CT molecular complexity index is 65.9. The van der Waals surface area contributed by atoms with Gasteiger partial charge in [-0.1, -0.05) is 13.3 Å². The molecule has 0 aliphatic rings. The van der Waals surface area contributed by atoms with Gasteiger partial charge in [-0.05, 0) is 26.6 Å². The Balaban J connectivity index is 3.21. The first-order chi connectivity index (χ1) is 4.85. The Labute approximate surface area is 63.5 Å². The molecule has 0 amide bonds. The largest absolute Gasteiger partial charge is 0.319 e. The molecule has 0 radical (unpaired) electrons. The van der Waals surface area contributed by atoms with Gasteiger partial charge >= 0.3 is 0 Å². The summed E-state index contributed by atoms with van der Waals surface area (Å²) in [5, 5.41) is 3.16. The van der Waals surface area contributed by atoms with Gasteiger partial charge in [-0.15, -0.1) is 0 Å². The molecular formula is C7H19N3. The molecule has 0 aromatic heterocycles. The van der Waals surface area contributed by atoms with Crippen molar-refractivity contribution < 1.29 is 0 Å². The molecule has 62 valence electrons. The van der Waals surface area contributed by atoms with Crippen molar-refractivity contribution in [3.05, 3.63) is 0 Å². The zero-order valence-corrected chi connectivity index (χ0v) is 7.20. The second kappa shape index (κ2) is 6.99. The highest BCUT2D eigenvalue weighted by Crippen LogP contribution is 1.96. The van der Waals surface area contributed by atoms with Crippen molar-refractivity contribution in [3.63, 3.8) is 0 Å². The molecule has 0 aromatic carbocycles. The Kier molecular flexibility index (Phi) is 6.91. The topological polar surface area (TPSA) is 36.1 Å². The zero-order chi connectivity index (χ0) is 7.82. The molecule has 0 aliphatic heterocycles. The van der Waals surface area contributed by atoms with E-state index in [1.54, 1.807) is 0 Å². The Morgan fingerprint density at radius 2 is 1.90 bits per heavy atom. The van der Waals surface area contributed by atoms with Crippen molar-refractivity contribution in [3.8, 4) is 0 Å². The molecule has 0 heterocycles. The monoisotopic (exact) mass is 145 g/mol. The van der Waals surface area contributed by atoms with Crippen LogP contribution in [0.2, 0.25) is 0 Å². The van der Waals surface area contributed by atoms with Crippen molar-refractivity contribution in [2.24, 2.45) is 5.92 Å². The van der Waals surface area contributed by atoms with Crippen LogP contribution in [0.5, 0.6) is 0 Å². The molecule has 0 rings (SSSR count). The molecule has 0 saturated heterocycles. The summed E-state index contributed by atoms with van der Waals surface area (Å²) >= 11 is 0. The van der Waals surface area contributed by atoms with E-state index in [-0.39, 0.29) is 0 Å². The number of hydrogen-bond donors (Lipinski definition) is 3. The fourth-order valence-electron chi connectivity index (χ4n) is 0.896. The lowest BCUT2D eigenvalue weighted by Gasteiger charge is -2.13. The summed E-state index contributed by atoms with van der Waals surface area (Å²) in [7, 11) is 3.88. The molecule has 3 heteroatoms. The second-order valence-corrected chi connectivity index (χ2v) is 2.46. The van der Waals surface area contributed by atoms with Gasteiger partial charge in [-0.3, -0.25) is 10.9 Å². The number of hydrogen-bond acceptors (Lipinski definition) is 3. The first kappa shape index (κ1) is 9.88. The van der Waals surface area contributed by atoms with Crippen molar-refractivity contribution in [2.45, 2.75) is 13.3 Å². The van der Waals surface area contributed by atoms with Gasteiger partial charge in [0, 0.05) is 6.54 Å². The average Bonchev–Trinajstić information content (AvgIpc) is 1.98. The lowest BCUT2D eigenvalue weighted by Crippen LogP contribution is -2.35. The highest BCUT2D eigenvalue weighted by Gasteiger charge is 2.01. The highest BCUT2D eigenvalue weighted by atomic mass is 15.3. The Morgan fingerprint density at radius 3 is 2.30 bits per heavy atom. The average molecular weight is 145 g/mol. The minimum absolute atomic E-state index is 0.734. The molecule has 10 heavy (non-hydrogen) atoms. The molecular weight excluding hydrogens is 126 g/mol. The zero-order valence-electron chi connectivity index (χ0n) is 7.20. The van der Waals surface area contributed by atoms with Crippen LogP contribution < -0.4 is 16.2 Å². The molecule has 0 fully saturated rings. The van der Waals surface area contributed by atoms with Crippen molar-refractivity contribution in [2.75, 3.05) is 27.2 Å². The summed E-state index contributed by atoms with van der Waals surface area (Å²) in [4.78, 5) is 0. The van der Waals surface area contributed by atoms with E-state index in [4.69, 9.17) is 0 Å². The van der Waals surface area contributed by atoms with Gasteiger partial charge in [0.1, 0.15) is 0 Å². The van der Waals surface area contributed by atoms with Gasteiger partial charge in [-0.2, -0.15) is 0 Å². The van der Waals surface area contributed by atoms with E-state index >= 15 is 0 Å². The van der Waals surface area contributed by atoms with Crippen LogP contribution in [0.25, 0.3) is 0 Å². The third-order valence-corrected chi connectivity index (χ3v) is 1.64. The maximum Gasteiger partial charge on any atom is 0.0140 e. The minimum atomic E-state index is 0.734. The van der Waals surface area contributed by atoms with Gasteiger partial charge < -0.3 is 5.32 Å². The molecule has 0 aromatic rings. The summed E-state index contributed by atoms with van der Waals surface area (Å²) in [6.07, 6.45) is 1.22. The summed E-state index contributed by atoms with van der Waals surface area (Å²) in [6, 6.07) is 0. The fourth-order valence-corrected chi connectivity index (χ4v) is 0.896. The third-order valence-electron chi connectivity index (χ3n) is 1.64. The van der Waals surface area contributed by atoms with E-state index in [9.17, 15) is 0 Å². The van der Waals surface area contributed by atoms with E-state index in [0.29, 0.717) is 0 Å². The summed E-state index contributed by atoms with van der Waals surface area (Å²) in [6.45, 7) is 4.33. The molecule has 1 atom stereocenters. The standard InChI is InChI=1S/C7H19N3/c1-4-7(5-8-2)6-10-9-3/h7-10H,4-6H2,1-3H3. The van der Waals surface area contributed by atoms with Crippen molar-refractivity contribution >= 4 is 0 Å². The van der Waals surface area contributed by atoms with Gasteiger partial charge in [0.05, 0.1) is 0 Å². The smallest absolute Gasteiger partial charge is 0.0140 e. The third kappa shape index (κ3) is 4.73. The Hall–Kier alpha value is -0.120. The van der Waals surface area contributed by atoms with Crippen molar-refractivity contribution in [1.29, 1.82) is 0 Å². The molecule has 0 spiro atoms. The molecule has 0 bridgehead atoms. The van der Waals surface area contributed by atoms with Gasteiger partial charge in [0.15, 0.2) is 0 Å². The second-order valence-electron chi connectivity index (χ2n) is 2.46. The maximum atomic E-state index is 3.16. The van der Waals surface area contributed by atoms with Crippen LogP contribution in [0, 0.1) is 5.92 Å². The first-order valence-electron chi connectivity index (χ1n) is 3.89. The quantitative estimate of drug-likeness (QED) is 0.459. The van der Waals surface area contributed by atoms with E-state index in [2.05, 4.69) is 23.1 Å². The maximum absolute atomic E-state index is 3.16. The van der Waals surface area contributed by atoms with E-state index in [0.717, 1.165) is 19.0 Å². The van der Waals surface area contributed by atoms with E-state index in [1.807, 2.05) is 14.1 Å². The predicted molar refractivity (Wildman–Crippen MR) is 44.8 cm³/mol. The summed E-state index contributed by atoms with van der Waals surface area (Å²) < 4.78 is 0. The van der Waals surface area contributed by atoms with Crippen LogP contribution in [-0.2, 0) is 0 Å². The fraction of sp³-hybridized carbons (Fsp3) is 1.00. The highest BCUT2D eigenvalue weighted by molar-refractivity contribution is 4.59. The van der Waals surface area contributed by atoms with E-state index in [1.165, 1.54) is 6.42 Å². The first-order valence-corrected chi connectivity index (χ1v) is 3.89. The van der Waals surface area contributed by atoms with Crippen molar-refractivity contribution in [1.82, 2.24) is 16.2 Å². The normalized spacial score (nSPS) is 13.5. The predicted octanol–water partition coefficient (Wildman–Crippen LogP) is -0.0440. The van der Waals surface area contributed by atoms with Crippen LogP contribution in [0.3, 0.4) is 0 Å². The lowest BCUT2D eigenvalue weighted by molar-refractivity contribution is 0.422. The number of rotatable bonds is 6. The molecule has 3 N–H and O–H groups in total. The van der Waals surface area contributed by atoms with Crippen LogP contribution in [0.1, 0.15) is 13.3 Å². The summed E-state index contributed by atoms with van der Waals surface area (Å²) in [5.41, 5.74) is 6.01.